The fraction of sp³-hybridized carbons (Fsp3) is 0.433. The molecule has 0 aliphatic carbocycles. The summed E-state index contributed by atoms with van der Waals surface area (Å²) in [6, 6.07) is 14.3. The van der Waals surface area contributed by atoms with Crippen molar-refractivity contribution in [2.75, 3.05) is 24.5 Å². The average molecular weight is 692 g/mol. The predicted molar refractivity (Wildman–Crippen MR) is 161 cm³/mol. The molecule has 48 heavy (non-hydrogen) atoms. The molecule has 2 aromatic carbocycles. The third-order valence-electron chi connectivity index (χ3n) is 7.01. The van der Waals surface area contributed by atoms with Crippen LogP contribution in [0.5, 0.6) is 11.5 Å². The first-order valence-corrected chi connectivity index (χ1v) is 14.4. The smallest absolute Gasteiger partial charge is 0.490 e. The number of esters is 1. The molecule has 2 aliphatic heterocycles. The van der Waals surface area contributed by atoms with E-state index in [2.05, 4.69) is 9.80 Å². The van der Waals surface area contributed by atoms with Gasteiger partial charge in [-0.2, -0.15) is 26.3 Å². The molecule has 0 bridgehead atoms. The number of nitrogens with one attached hydrogen (secondary N) is 2. The molecule has 0 amide bonds. The monoisotopic (exact) mass is 691 g/mol. The summed E-state index contributed by atoms with van der Waals surface area (Å²) in [5, 5.41) is 29.7. The van der Waals surface area contributed by atoms with E-state index in [1.807, 2.05) is 37.3 Å². The van der Waals surface area contributed by atoms with Crippen LogP contribution in [0.1, 0.15) is 44.6 Å². The molecule has 2 heterocycles. The van der Waals surface area contributed by atoms with Crippen molar-refractivity contribution in [2.24, 2.45) is 5.73 Å². The van der Waals surface area contributed by atoms with E-state index in [4.69, 9.17) is 45.8 Å². The zero-order chi connectivity index (χ0) is 36.2. The van der Waals surface area contributed by atoms with Crippen LogP contribution >= 0.6 is 0 Å². The van der Waals surface area contributed by atoms with Gasteiger partial charge in [-0.1, -0.05) is 12.1 Å². The predicted octanol–water partition coefficient (Wildman–Crippen LogP) is 5.04. The number of rotatable bonds is 6. The fourth-order valence-corrected chi connectivity index (χ4v) is 4.61. The number of carbonyl (C=O) groups excluding carboxylic acids is 1. The number of ether oxygens (including phenoxy) is 2. The van der Waals surface area contributed by atoms with Crippen molar-refractivity contribution in [3.8, 4) is 11.5 Å². The van der Waals surface area contributed by atoms with Gasteiger partial charge in [0.1, 0.15) is 29.5 Å². The summed E-state index contributed by atoms with van der Waals surface area (Å²) in [7, 11) is 0. The Labute approximate surface area is 271 Å². The summed E-state index contributed by atoms with van der Waals surface area (Å²) in [4.78, 5) is 35.0. The first-order chi connectivity index (χ1) is 22.3. The van der Waals surface area contributed by atoms with Gasteiger partial charge >= 0.3 is 30.3 Å². The minimum absolute atomic E-state index is 0.00989. The molecule has 2 aliphatic rings. The molecule has 0 aromatic heterocycles. The normalized spacial score (nSPS) is 16.7. The van der Waals surface area contributed by atoms with Crippen LogP contribution in [-0.2, 0) is 14.4 Å². The van der Waals surface area contributed by atoms with Crippen molar-refractivity contribution in [3.63, 3.8) is 0 Å². The number of carboxylic acid groups (broad SMARTS) is 2. The molecule has 4 rings (SSSR count). The van der Waals surface area contributed by atoms with Gasteiger partial charge in [0.2, 0.25) is 0 Å². The van der Waals surface area contributed by atoms with Gasteiger partial charge in [-0.05, 0) is 62.6 Å². The Kier molecular flexibility index (Phi) is 14.0. The second kappa shape index (κ2) is 17.2. The molecule has 264 valence electrons. The molecular weight excluding hydrogens is 656 g/mol. The number of carboxylic acids is 2. The van der Waals surface area contributed by atoms with Crippen LogP contribution in [0.15, 0.2) is 48.5 Å². The van der Waals surface area contributed by atoms with E-state index in [9.17, 15) is 31.1 Å². The van der Waals surface area contributed by atoms with Crippen molar-refractivity contribution < 1.29 is 60.4 Å². The Morgan fingerprint density at radius 2 is 1.35 bits per heavy atom. The van der Waals surface area contributed by atoms with Crippen molar-refractivity contribution >= 4 is 35.3 Å². The quantitative estimate of drug-likeness (QED) is 0.0902. The van der Waals surface area contributed by atoms with Gasteiger partial charge in [-0.15, -0.1) is 0 Å². The number of alkyl halides is 6. The second-order valence-electron chi connectivity index (χ2n) is 10.6. The van der Waals surface area contributed by atoms with E-state index < -0.39 is 24.3 Å². The third-order valence-corrected chi connectivity index (χ3v) is 7.01. The Morgan fingerprint density at radius 3 is 1.83 bits per heavy atom. The number of aliphatic carboxylic acids is 2. The van der Waals surface area contributed by atoms with E-state index in [-0.39, 0.29) is 24.0 Å². The Balaban J connectivity index is 0.000000479. The van der Waals surface area contributed by atoms with Crippen LogP contribution < -0.4 is 20.1 Å². The van der Waals surface area contributed by atoms with Gasteiger partial charge in [0.15, 0.2) is 0 Å². The number of nitrogen functional groups attached to an aromatic ring is 1. The number of likely N-dealkylation sites (tertiary alicyclic amines) is 1. The van der Waals surface area contributed by atoms with E-state index in [1.165, 1.54) is 0 Å². The van der Waals surface area contributed by atoms with Crippen molar-refractivity contribution in [2.45, 2.75) is 63.5 Å². The van der Waals surface area contributed by atoms with Crippen molar-refractivity contribution in [1.29, 1.82) is 10.8 Å². The van der Waals surface area contributed by atoms with Gasteiger partial charge < -0.3 is 35.2 Å². The lowest BCUT2D eigenvalue weighted by Crippen LogP contribution is -2.46. The first kappa shape index (κ1) is 39.1. The Bertz CT molecular complexity index is 1400. The maximum atomic E-state index is 13.1. The molecule has 0 spiro atoms. The third kappa shape index (κ3) is 12.6. The molecule has 0 saturated carbocycles. The lowest BCUT2D eigenvalue weighted by atomic mass is 10.0. The Hall–Kier alpha value is -5.03. The molecule has 1 atom stereocenters. The molecule has 2 fully saturated rings. The minimum atomic E-state index is -5.08. The van der Waals surface area contributed by atoms with Gasteiger partial charge in [-0.25, -0.2) is 14.4 Å². The molecule has 18 heteroatoms. The summed E-state index contributed by atoms with van der Waals surface area (Å²) in [6.45, 7) is 4.24. The van der Waals surface area contributed by atoms with Crippen LogP contribution in [0.2, 0.25) is 0 Å². The van der Waals surface area contributed by atoms with E-state index in [1.54, 1.807) is 18.2 Å². The summed E-state index contributed by atoms with van der Waals surface area (Å²) < 4.78 is 75.3. The van der Waals surface area contributed by atoms with Crippen molar-refractivity contribution in [3.05, 3.63) is 54.1 Å². The van der Waals surface area contributed by atoms with Gasteiger partial charge in [0, 0.05) is 43.7 Å². The van der Waals surface area contributed by atoms with Crippen LogP contribution in [-0.4, -0.2) is 88.8 Å². The highest BCUT2D eigenvalue weighted by molar-refractivity contribution is 5.96. The van der Waals surface area contributed by atoms with Gasteiger partial charge in [0.25, 0.3) is 0 Å². The molecule has 2 aromatic rings. The summed E-state index contributed by atoms with van der Waals surface area (Å²) in [5.41, 5.74) is 7.17. The number of benzene rings is 2. The number of hydrogen-bond donors (Lipinski definition) is 5. The highest BCUT2D eigenvalue weighted by Gasteiger charge is 2.39. The van der Waals surface area contributed by atoms with Gasteiger partial charge in [-0.3, -0.25) is 10.8 Å². The van der Waals surface area contributed by atoms with Crippen LogP contribution in [0.4, 0.5) is 32.0 Å². The van der Waals surface area contributed by atoms with Crippen molar-refractivity contribution in [1.82, 2.24) is 4.90 Å². The number of anilines is 1. The minimum Gasteiger partial charge on any atom is -0.490 e. The van der Waals surface area contributed by atoms with E-state index >= 15 is 0 Å². The summed E-state index contributed by atoms with van der Waals surface area (Å²) in [6.07, 6.45) is -5.59. The highest BCUT2D eigenvalue weighted by Crippen LogP contribution is 2.28. The second-order valence-corrected chi connectivity index (χ2v) is 10.6. The fourth-order valence-electron chi connectivity index (χ4n) is 4.61. The van der Waals surface area contributed by atoms with Crippen LogP contribution in [0.25, 0.3) is 0 Å². The molecule has 0 radical (unpaired) electrons. The molecule has 6 N–H and O–H groups in total. The summed E-state index contributed by atoms with van der Waals surface area (Å²) in [5.74, 6) is -3.93. The Morgan fingerprint density at radius 1 is 0.833 bits per heavy atom. The average Bonchev–Trinajstić information content (AvgIpc) is 3.02. The number of hydrogen-bond acceptors (Lipinski definition) is 8. The standard InChI is InChI=1S/C26H33N5O3.2C2HF3O2/c1-18(27)30-15-12-23(13-16-30)33-21-8-10-22(11-9-21)34-26(32)24-7-2-3-14-31(24)20-6-4-5-19(17-20)25(28)29;2*3-2(4,5)1(6)7/h4-6,8-11,17,23-24,27H,2-3,7,12-16H2,1H3,(H3,28,29);2*(H,6,7)/t24-;;/m1../s1. The number of piperidine rings is 2. The zero-order valence-electron chi connectivity index (χ0n) is 25.6. The number of nitrogens with zero attached hydrogens (tertiary/aromatic N) is 2. The number of amidine groups is 2. The SMILES string of the molecule is CC(=N)N1CCC(Oc2ccc(OC(=O)[C@H]3CCCCN3c3cccc(C(=N)N)c3)cc2)CC1.O=C(O)C(F)(F)F.O=C(O)C(F)(F)F. The van der Waals surface area contributed by atoms with E-state index in [0.29, 0.717) is 17.1 Å². The topological polar surface area (TPSA) is 190 Å². The maximum absolute atomic E-state index is 13.1. The molecule has 12 nitrogen and oxygen atoms in total. The lowest BCUT2D eigenvalue weighted by Gasteiger charge is -2.36. The zero-order valence-corrected chi connectivity index (χ0v) is 25.6. The van der Waals surface area contributed by atoms with Crippen LogP contribution in [0, 0.1) is 10.8 Å². The lowest BCUT2D eigenvalue weighted by molar-refractivity contribution is -0.193. The summed E-state index contributed by atoms with van der Waals surface area (Å²) >= 11 is 0. The van der Waals surface area contributed by atoms with Gasteiger partial charge in [0.05, 0.1) is 5.84 Å². The maximum Gasteiger partial charge on any atom is 0.490 e. The largest absolute Gasteiger partial charge is 0.490 e. The number of carbonyl (C=O) groups is 3. The van der Waals surface area contributed by atoms with Crippen LogP contribution in [0.3, 0.4) is 0 Å². The molecular formula is C30H35F6N5O7. The number of halogens is 6. The van der Waals surface area contributed by atoms with E-state index in [0.717, 1.165) is 63.2 Å². The highest BCUT2D eigenvalue weighted by atomic mass is 19.4. The molecule has 2 saturated heterocycles. The number of nitrogens with two attached hydrogens (primary N) is 1. The molecule has 0 unspecified atom stereocenters. The first-order valence-electron chi connectivity index (χ1n) is 14.4.